The third-order valence-electron chi connectivity index (χ3n) is 3.62. The largest absolute Gasteiger partial charge is 0.490 e. The molecule has 3 aromatic rings. The molecule has 0 fully saturated rings. The van der Waals surface area contributed by atoms with Crippen molar-refractivity contribution in [3.63, 3.8) is 0 Å². The van der Waals surface area contributed by atoms with Crippen LogP contribution in [0.5, 0.6) is 11.5 Å². The summed E-state index contributed by atoms with van der Waals surface area (Å²) in [6.45, 7) is 4.56. The zero-order valence-electron chi connectivity index (χ0n) is 15.0. The summed E-state index contributed by atoms with van der Waals surface area (Å²) in [5.74, 6) is 0.908. The van der Waals surface area contributed by atoms with Crippen LogP contribution < -0.4 is 14.2 Å². The number of sulfonamides is 1. The van der Waals surface area contributed by atoms with Crippen LogP contribution in [0.4, 0.5) is 5.13 Å². The number of aromatic nitrogens is 1. The van der Waals surface area contributed by atoms with E-state index in [0.717, 1.165) is 11.3 Å². The third-order valence-corrected chi connectivity index (χ3v) is 5.84. The Hall–Kier alpha value is -2.58. The van der Waals surface area contributed by atoms with E-state index in [1.165, 1.54) is 23.5 Å². The zero-order valence-corrected chi connectivity index (χ0v) is 16.6. The van der Waals surface area contributed by atoms with E-state index in [4.69, 9.17) is 9.47 Å². The van der Waals surface area contributed by atoms with Crippen molar-refractivity contribution in [1.82, 2.24) is 4.98 Å². The molecule has 2 aromatic carbocycles. The molecule has 1 N–H and O–H groups in total. The van der Waals surface area contributed by atoms with Crippen LogP contribution in [0.3, 0.4) is 0 Å². The van der Waals surface area contributed by atoms with Crippen LogP contribution in [0.2, 0.25) is 0 Å². The quantitative estimate of drug-likeness (QED) is 0.602. The molecule has 0 spiro atoms. The van der Waals surface area contributed by atoms with Crippen molar-refractivity contribution in [1.29, 1.82) is 0 Å². The van der Waals surface area contributed by atoms with Gasteiger partial charge in [-0.3, -0.25) is 4.72 Å². The number of rotatable bonds is 8. The number of benzene rings is 2. The molecule has 0 saturated heterocycles. The van der Waals surface area contributed by atoms with Gasteiger partial charge in [-0.15, -0.1) is 11.3 Å². The molecule has 0 aliphatic rings. The first-order valence-corrected chi connectivity index (χ1v) is 10.8. The number of anilines is 1. The number of hydrogen-bond acceptors (Lipinski definition) is 6. The van der Waals surface area contributed by atoms with E-state index in [9.17, 15) is 8.42 Å². The minimum Gasteiger partial charge on any atom is -0.490 e. The van der Waals surface area contributed by atoms with Crippen LogP contribution in [0.15, 0.2) is 58.8 Å². The van der Waals surface area contributed by atoms with Gasteiger partial charge in [-0.1, -0.05) is 30.3 Å². The van der Waals surface area contributed by atoms with Gasteiger partial charge in [0.1, 0.15) is 0 Å². The fraction of sp³-hybridized carbons (Fsp3) is 0.211. The van der Waals surface area contributed by atoms with Gasteiger partial charge < -0.3 is 9.47 Å². The van der Waals surface area contributed by atoms with E-state index in [1.807, 2.05) is 49.6 Å². The minimum atomic E-state index is -3.79. The number of nitrogens with one attached hydrogen (secondary N) is 1. The summed E-state index contributed by atoms with van der Waals surface area (Å²) in [5, 5.41) is 2.12. The first kappa shape index (κ1) is 19.2. The zero-order chi connectivity index (χ0) is 19.3. The van der Waals surface area contributed by atoms with Gasteiger partial charge in [0.2, 0.25) is 0 Å². The second-order valence-electron chi connectivity index (χ2n) is 5.48. The number of nitrogens with zero attached hydrogens (tertiary/aromatic N) is 1. The van der Waals surface area contributed by atoms with Crippen LogP contribution >= 0.6 is 11.3 Å². The second kappa shape index (κ2) is 8.41. The summed E-state index contributed by atoms with van der Waals surface area (Å²) in [7, 11) is -3.79. The molecule has 0 unspecified atom stereocenters. The van der Waals surface area contributed by atoms with Crippen molar-refractivity contribution in [2.45, 2.75) is 18.7 Å². The molecule has 27 heavy (non-hydrogen) atoms. The molecule has 0 atom stereocenters. The summed E-state index contributed by atoms with van der Waals surface area (Å²) in [4.78, 5) is 4.46. The molecular weight excluding hydrogens is 384 g/mol. The Morgan fingerprint density at radius 3 is 2.41 bits per heavy atom. The fourth-order valence-corrected chi connectivity index (χ4v) is 4.42. The Bertz CT molecular complexity index is 1000. The van der Waals surface area contributed by atoms with Gasteiger partial charge >= 0.3 is 0 Å². The van der Waals surface area contributed by atoms with Gasteiger partial charge in [0, 0.05) is 17.0 Å². The molecule has 8 heteroatoms. The lowest BCUT2D eigenvalue weighted by molar-refractivity contribution is 0.287. The van der Waals surface area contributed by atoms with Crippen molar-refractivity contribution in [3.8, 4) is 22.8 Å². The average Bonchev–Trinajstić information content (AvgIpc) is 3.12. The molecule has 0 amide bonds. The topological polar surface area (TPSA) is 77.5 Å². The SMILES string of the molecule is CCOc1ccc(S(=O)(=O)Nc2nc(-c3ccccc3)cs2)cc1OCC. The summed E-state index contributed by atoms with van der Waals surface area (Å²) < 4.78 is 39.0. The molecule has 6 nitrogen and oxygen atoms in total. The van der Waals surface area contributed by atoms with Crippen LogP contribution in [0, 0.1) is 0 Å². The smallest absolute Gasteiger partial charge is 0.263 e. The highest BCUT2D eigenvalue weighted by Crippen LogP contribution is 2.32. The Labute approximate surface area is 162 Å². The molecular formula is C19H20N2O4S2. The van der Waals surface area contributed by atoms with Gasteiger partial charge in [0.15, 0.2) is 16.6 Å². The summed E-state index contributed by atoms with van der Waals surface area (Å²) in [5.41, 5.74) is 1.65. The molecule has 0 bridgehead atoms. The van der Waals surface area contributed by atoms with Crippen molar-refractivity contribution in [2.24, 2.45) is 0 Å². The molecule has 3 rings (SSSR count). The van der Waals surface area contributed by atoms with Crippen molar-refractivity contribution >= 4 is 26.5 Å². The lowest BCUT2D eigenvalue weighted by atomic mass is 10.2. The van der Waals surface area contributed by atoms with Gasteiger partial charge in [-0.25, -0.2) is 13.4 Å². The Morgan fingerprint density at radius 1 is 1.00 bits per heavy atom. The van der Waals surface area contributed by atoms with E-state index in [2.05, 4.69) is 9.71 Å². The van der Waals surface area contributed by atoms with Crippen LogP contribution in [-0.2, 0) is 10.0 Å². The third kappa shape index (κ3) is 4.58. The van der Waals surface area contributed by atoms with Crippen molar-refractivity contribution in [2.75, 3.05) is 17.9 Å². The maximum Gasteiger partial charge on any atom is 0.263 e. The highest BCUT2D eigenvalue weighted by atomic mass is 32.2. The van der Waals surface area contributed by atoms with E-state index in [1.54, 1.807) is 6.07 Å². The van der Waals surface area contributed by atoms with E-state index < -0.39 is 10.0 Å². The second-order valence-corrected chi connectivity index (χ2v) is 8.02. The lowest BCUT2D eigenvalue weighted by Gasteiger charge is -2.12. The fourth-order valence-electron chi connectivity index (χ4n) is 2.43. The summed E-state index contributed by atoms with van der Waals surface area (Å²) in [6.07, 6.45) is 0. The molecule has 1 aromatic heterocycles. The van der Waals surface area contributed by atoms with Gasteiger partial charge in [0.05, 0.1) is 23.8 Å². The maximum atomic E-state index is 12.7. The highest BCUT2D eigenvalue weighted by Gasteiger charge is 2.19. The van der Waals surface area contributed by atoms with Crippen LogP contribution in [0.1, 0.15) is 13.8 Å². The standard InChI is InChI=1S/C19H20N2O4S2/c1-3-24-17-11-10-15(12-18(17)25-4-2)27(22,23)21-19-20-16(13-26-19)14-8-6-5-7-9-14/h5-13H,3-4H2,1-2H3,(H,20,21). The minimum absolute atomic E-state index is 0.0888. The average molecular weight is 405 g/mol. The van der Waals surface area contributed by atoms with Gasteiger partial charge in [-0.05, 0) is 26.0 Å². The highest BCUT2D eigenvalue weighted by molar-refractivity contribution is 7.93. The lowest BCUT2D eigenvalue weighted by Crippen LogP contribution is -2.13. The Kier molecular flexibility index (Phi) is 5.98. The first-order chi connectivity index (χ1) is 13.0. The summed E-state index contributed by atoms with van der Waals surface area (Å²) in [6, 6.07) is 14.1. The summed E-state index contributed by atoms with van der Waals surface area (Å²) >= 11 is 1.23. The normalized spacial score (nSPS) is 11.2. The van der Waals surface area contributed by atoms with Gasteiger partial charge in [0.25, 0.3) is 10.0 Å². The predicted octanol–water partition coefficient (Wildman–Crippen LogP) is 4.41. The number of hydrogen-bond donors (Lipinski definition) is 1. The predicted molar refractivity (Wildman–Crippen MR) is 107 cm³/mol. The van der Waals surface area contributed by atoms with Crippen molar-refractivity contribution in [3.05, 3.63) is 53.9 Å². The van der Waals surface area contributed by atoms with E-state index in [0.29, 0.717) is 29.8 Å². The monoisotopic (exact) mass is 404 g/mol. The maximum absolute atomic E-state index is 12.7. The number of thiazole rings is 1. The van der Waals surface area contributed by atoms with E-state index in [-0.39, 0.29) is 4.90 Å². The van der Waals surface area contributed by atoms with Crippen LogP contribution in [0.25, 0.3) is 11.3 Å². The Balaban J connectivity index is 1.85. The number of ether oxygens (including phenoxy) is 2. The van der Waals surface area contributed by atoms with Crippen LogP contribution in [-0.4, -0.2) is 26.6 Å². The molecule has 1 heterocycles. The molecule has 0 aliphatic carbocycles. The molecule has 0 saturated carbocycles. The van der Waals surface area contributed by atoms with Crippen molar-refractivity contribution < 1.29 is 17.9 Å². The van der Waals surface area contributed by atoms with Gasteiger partial charge in [-0.2, -0.15) is 0 Å². The molecule has 0 radical (unpaired) electrons. The van der Waals surface area contributed by atoms with E-state index >= 15 is 0 Å². The Morgan fingerprint density at radius 2 is 1.70 bits per heavy atom. The molecule has 142 valence electrons. The first-order valence-electron chi connectivity index (χ1n) is 8.47. The molecule has 0 aliphatic heterocycles.